The molecule has 0 spiro atoms. The number of amides is 2. The molecular weight excluding hydrogens is 534 g/mol. The molecule has 0 aliphatic carbocycles. The van der Waals surface area contributed by atoms with Gasteiger partial charge in [0.2, 0.25) is 5.91 Å². The highest BCUT2D eigenvalue weighted by atomic mass is 16.5. The smallest absolute Gasteiger partial charge is 0.251 e. The summed E-state index contributed by atoms with van der Waals surface area (Å²) in [6, 6.07) is 25.0. The number of benzene rings is 3. The Bertz CT molecular complexity index is 1230. The minimum atomic E-state index is -0.314. The van der Waals surface area contributed by atoms with Crippen LogP contribution in [-0.2, 0) is 20.9 Å². The summed E-state index contributed by atoms with van der Waals surface area (Å²) in [5, 5.41) is 2.75. The van der Waals surface area contributed by atoms with Crippen molar-refractivity contribution >= 4 is 17.5 Å². The van der Waals surface area contributed by atoms with Gasteiger partial charge in [-0.05, 0) is 54.4 Å². The highest BCUT2D eigenvalue weighted by molar-refractivity contribution is 5.96. The Balaban J connectivity index is 1.13. The van der Waals surface area contributed by atoms with E-state index < -0.39 is 0 Å². The summed E-state index contributed by atoms with van der Waals surface area (Å²) < 4.78 is 22.4. The largest absolute Gasteiger partial charge is 0.491 e. The second-order valence-electron chi connectivity index (χ2n) is 9.92. The number of nitrogens with zero attached hydrogens (tertiary/aromatic N) is 2. The van der Waals surface area contributed by atoms with Crippen molar-refractivity contribution in [1.29, 1.82) is 0 Å². The molecule has 1 aliphatic rings. The molecule has 42 heavy (non-hydrogen) atoms. The van der Waals surface area contributed by atoms with E-state index in [-0.39, 0.29) is 18.4 Å². The van der Waals surface area contributed by atoms with Crippen molar-refractivity contribution in [2.75, 3.05) is 70.7 Å². The first-order valence-corrected chi connectivity index (χ1v) is 14.6. The van der Waals surface area contributed by atoms with Gasteiger partial charge in [-0.1, -0.05) is 43.3 Å². The van der Waals surface area contributed by atoms with Crippen molar-refractivity contribution in [3.05, 3.63) is 90.0 Å². The molecule has 1 N–H and O–H groups in total. The third-order valence-electron chi connectivity index (χ3n) is 6.80. The Morgan fingerprint density at radius 3 is 2.19 bits per heavy atom. The van der Waals surface area contributed by atoms with Gasteiger partial charge in [0.25, 0.3) is 5.91 Å². The minimum Gasteiger partial charge on any atom is -0.491 e. The van der Waals surface area contributed by atoms with Crippen molar-refractivity contribution in [2.45, 2.75) is 20.0 Å². The maximum Gasteiger partial charge on any atom is 0.251 e. The molecule has 0 aromatic heterocycles. The fraction of sp³-hybridized carbons (Fsp3) is 0.394. The normalized spacial score (nSPS) is 13.1. The third kappa shape index (κ3) is 10.1. The van der Waals surface area contributed by atoms with Crippen LogP contribution in [0.4, 0.5) is 5.69 Å². The van der Waals surface area contributed by atoms with Gasteiger partial charge in [-0.15, -0.1) is 0 Å². The highest BCUT2D eigenvalue weighted by Gasteiger charge is 2.22. The van der Waals surface area contributed by atoms with Gasteiger partial charge in [-0.25, -0.2) is 0 Å². The number of carbonyl (C=O) groups is 2. The lowest BCUT2D eigenvalue weighted by Crippen LogP contribution is -2.51. The van der Waals surface area contributed by atoms with E-state index in [2.05, 4.69) is 17.1 Å². The van der Waals surface area contributed by atoms with Gasteiger partial charge in [-0.2, -0.15) is 0 Å². The molecule has 9 nitrogen and oxygen atoms in total. The van der Waals surface area contributed by atoms with Crippen LogP contribution in [-0.4, -0.2) is 82.5 Å². The Kier molecular flexibility index (Phi) is 12.5. The van der Waals surface area contributed by atoms with Crippen LogP contribution in [0.2, 0.25) is 0 Å². The van der Waals surface area contributed by atoms with Gasteiger partial charge in [0.1, 0.15) is 24.7 Å². The fourth-order valence-corrected chi connectivity index (χ4v) is 4.49. The average Bonchev–Trinajstić information content (AvgIpc) is 3.04. The van der Waals surface area contributed by atoms with E-state index in [1.807, 2.05) is 54.6 Å². The predicted octanol–water partition coefficient (Wildman–Crippen LogP) is 4.17. The van der Waals surface area contributed by atoms with E-state index in [1.165, 1.54) is 0 Å². The average molecular weight is 576 g/mol. The van der Waals surface area contributed by atoms with Crippen LogP contribution in [0.25, 0.3) is 0 Å². The van der Waals surface area contributed by atoms with Crippen LogP contribution in [0.15, 0.2) is 78.9 Å². The molecule has 2 amide bonds. The molecule has 1 saturated heterocycles. The number of rotatable bonds is 16. The van der Waals surface area contributed by atoms with Crippen molar-refractivity contribution in [3.63, 3.8) is 0 Å². The van der Waals surface area contributed by atoms with Crippen molar-refractivity contribution in [1.82, 2.24) is 10.2 Å². The summed E-state index contributed by atoms with van der Waals surface area (Å²) in [7, 11) is 0. The van der Waals surface area contributed by atoms with E-state index in [4.69, 9.17) is 18.9 Å². The standard InChI is InChI=1S/C33H41N3O6/c1-2-19-39-20-21-40-22-23-41-31-10-6-9-28(24-31)33(38)34-25-32(37)36-17-15-35(16-18-36)29-11-13-30(14-12-29)42-26-27-7-4-3-5-8-27/h3-14,24H,2,15-23,25-26H2,1H3,(H,34,38). The number of carbonyl (C=O) groups excluding carboxylic acids is 2. The molecule has 0 bridgehead atoms. The molecule has 1 heterocycles. The van der Waals surface area contributed by atoms with Gasteiger partial charge < -0.3 is 34.1 Å². The number of piperazine rings is 1. The number of anilines is 1. The van der Waals surface area contributed by atoms with Crippen molar-refractivity contribution < 1.29 is 28.5 Å². The molecule has 1 aliphatic heterocycles. The second kappa shape index (κ2) is 17.0. The topological polar surface area (TPSA) is 89.6 Å². The molecule has 0 atom stereocenters. The summed E-state index contributed by atoms with van der Waals surface area (Å²) in [6.45, 7) is 7.80. The minimum absolute atomic E-state index is 0.0503. The van der Waals surface area contributed by atoms with Crippen LogP contribution in [0.5, 0.6) is 11.5 Å². The van der Waals surface area contributed by atoms with E-state index in [0.717, 1.165) is 43.1 Å². The Morgan fingerprint density at radius 2 is 1.45 bits per heavy atom. The van der Waals surface area contributed by atoms with Gasteiger partial charge in [0.15, 0.2) is 0 Å². The molecule has 0 radical (unpaired) electrons. The van der Waals surface area contributed by atoms with E-state index in [0.29, 0.717) is 57.4 Å². The molecule has 224 valence electrons. The quantitative estimate of drug-likeness (QED) is 0.257. The number of ether oxygens (including phenoxy) is 4. The molecule has 3 aromatic rings. The van der Waals surface area contributed by atoms with Crippen molar-refractivity contribution in [3.8, 4) is 11.5 Å². The van der Waals surface area contributed by atoms with Crippen LogP contribution < -0.4 is 19.7 Å². The molecular formula is C33H41N3O6. The van der Waals surface area contributed by atoms with Crippen LogP contribution in [0.3, 0.4) is 0 Å². The maximum absolute atomic E-state index is 12.8. The van der Waals surface area contributed by atoms with Crippen molar-refractivity contribution in [2.24, 2.45) is 0 Å². The van der Waals surface area contributed by atoms with Gasteiger partial charge in [0, 0.05) is 44.0 Å². The highest BCUT2D eigenvalue weighted by Crippen LogP contribution is 2.22. The van der Waals surface area contributed by atoms with Crippen LogP contribution >= 0.6 is 0 Å². The first-order valence-electron chi connectivity index (χ1n) is 14.6. The zero-order valence-electron chi connectivity index (χ0n) is 24.3. The number of hydrogen-bond donors (Lipinski definition) is 1. The van der Waals surface area contributed by atoms with Gasteiger partial charge >= 0.3 is 0 Å². The molecule has 4 rings (SSSR count). The van der Waals surface area contributed by atoms with E-state index in [9.17, 15) is 9.59 Å². The molecule has 3 aromatic carbocycles. The third-order valence-corrected chi connectivity index (χ3v) is 6.80. The Hall–Kier alpha value is -4.08. The lowest BCUT2D eigenvalue weighted by molar-refractivity contribution is -0.130. The van der Waals surface area contributed by atoms with Gasteiger partial charge in [0.05, 0.1) is 26.4 Å². The lowest BCUT2D eigenvalue weighted by Gasteiger charge is -2.36. The Labute approximate surface area is 248 Å². The molecule has 9 heteroatoms. The van der Waals surface area contributed by atoms with Crippen LogP contribution in [0, 0.1) is 0 Å². The molecule has 1 fully saturated rings. The summed E-state index contributed by atoms with van der Waals surface area (Å²) in [5.41, 5.74) is 2.66. The Morgan fingerprint density at radius 1 is 0.738 bits per heavy atom. The monoisotopic (exact) mass is 575 g/mol. The SMILES string of the molecule is CCCOCCOCCOc1cccc(C(=O)NCC(=O)N2CCN(c3ccc(OCc4ccccc4)cc3)CC2)c1. The first-order chi connectivity index (χ1) is 20.6. The molecule has 0 saturated carbocycles. The second-order valence-corrected chi connectivity index (χ2v) is 9.92. The maximum atomic E-state index is 12.8. The molecule has 0 unspecified atom stereocenters. The zero-order valence-corrected chi connectivity index (χ0v) is 24.3. The summed E-state index contributed by atoms with van der Waals surface area (Å²) in [5.74, 6) is 0.986. The van der Waals surface area contributed by atoms with E-state index >= 15 is 0 Å². The van der Waals surface area contributed by atoms with Crippen LogP contribution in [0.1, 0.15) is 29.3 Å². The predicted molar refractivity (Wildman–Crippen MR) is 162 cm³/mol. The van der Waals surface area contributed by atoms with Gasteiger partial charge in [-0.3, -0.25) is 9.59 Å². The lowest BCUT2D eigenvalue weighted by atomic mass is 10.2. The fourth-order valence-electron chi connectivity index (χ4n) is 4.49. The summed E-state index contributed by atoms with van der Waals surface area (Å²) >= 11 is 0. The summed E-state index contributed by atoms with van der Waals surface area (Å²) in [6.07, 6.45) is 0.987. The number of hydrogen-bond acceptors (Lipinski definition) is 7. The first kappa shape index (κ1) is 30.9. The zero-order chi connectivity index (χ0) is 29.4. The number of nitrogens with one attached hydrogen (secondary N) is 1. The summed E-state index contributed by atoms with van der Waals surface area (Å²) in [4.78, 5) is 29.5. The van der Waals surface area contributed by atoms with E-state index in [1.54, 1.807) is 29.2 Å².